The molecule has 2 rings (SSSR count). The van der Waals surface area contributed by atoms with Crippen LogP contribution in [-0.4, -0.2) is 14.3 Å². The maximum absolute atomic E-state index is 11.0. The molecule has 5 heteroatoms. The van der Waals surface area contributed by atoms with Crippen LogP contribution in [-0.2, 0) is 24.3 Å². The van der Waals surface area contributed by atoms with Crippen LogP contribution in [0.5, 0.6) is 0 Å². The number of hydrogen-bond acceptors (Lipinski definition) is 3. The van der Waals surface area contributed by atoms with Gasteiger partial charge >= 0.3 is 0 Å². The Morgan fingerprint density at radius 1 is 1.58 bits per heavy atom. The van der Waals surface area contributed by atoms with Crippen LogP contribution in [0.2, 0.25) is 0 Å². The van der Waals surface area contributed by atoms with Crippen molar-refractivity contribution in [3.63, 3.8) is 0 Å². The van der Waals surface area contributed by atoms with Crippen LogP contribution in [0.25, 0.3) is 0 Å². The van der Waals surface area contributed by atoms with E-state index in [0.29, 0.717) is 4.90 Å². The predicted molar refractivity (Wildman–Crippen MR) is 45.8 cm³/mol. The van der Waals surface area contributed by atoms with Gasteiger partial charge in [-0.1, -0.05) is 0 Å². The second-order valence-electron chi connectivity index (χ2n) is 2.93. The molecule has 1 unspecified atom stereocenters. The Balaban J connectivity index is 2.38. The number of nitrogens with zero attached hydrogens (tertiary/aromatic N) is 2. The second-order valence-corrected chi connectivity index (χ2v) is 3.97. The summed E-state index contributed by atoms with van der Waals surface area (Å²) in [6.07, 6.45) is 4.89. The first-order valence-electron chi connectivity index (χ1n) is 4.00. The highest BCUT2D eigenvalue weighted by molar-refractivity contribution is 7.89. The van der Waals surface area contributed by atoms with Crippen LogP contribution in [0.3, 0.4) is 0 Å². The largest absolute Gasteiger partial charge is 0.593 e. The van der Waals surface area contributed by atoms with Gasteiger partial charge in [-0.15, -0.1) is 5.14 Å². The number of aromatic nitrogens is 2. The monoisotopic (exact) mass is 185 g/mol. The van der Waals surface area contributed by atoms with E-state index in [1.165, 1.54) is 0 Å². The first-order valence-corrected chi connectivity index (χ1v) is 5.21. The molecule has 1 aromatic rings. The molecule has 0 fully saturated rings. The molecule has 0 aromatic carbocycles. The molecule has 0 bridgehead atoms. The molecule has 1 aliphatic rings. The van der Waals surface area contributed by atoms with E-state index in [9.17, 15) is 4.55 Å². The maximum Gasteiger partial charge on any atom is 0.214 e. The minimum absolute atomic E-state index is 0.703. The van der Waals surface area contributed by atoms with Gasteiger partial charge in [-0.05, 0) is 19.3 Å². The summed E-state index contributed by atoms with van der Waals surface area (Å²) in [6, 6.07) is 0. The zero-order chi connectivity index (χ0) is 8.55. The number of nitrogens with two attached hydrogens (primary N) is 1. The molecule has 0 radical (unpaired) electrons. The number of fused-ring (bicyclic) bond motifs is 1. The summed E-state index contributed by atoms with van der Waals surface area (Å²) in [5, 5.41) is 9.42. The second kappa shape index (κ2) is 3.08. The molecule has 1 atom stereocenters. The molecule has 1 aliphatic heterocycles. The van der Waals surface area contributed by atoms with E-state index in [1.54, 1.807) is 6.20 Å². The highest BCUT2D eigenvalue weighted by Crippen LogP contribution is 2.20. The fourth-order valence-corrected chi connectivity index (χ4v) is 2.15. The predicted octanol–water partition coefficient (Wildman–Crippen LogP) is 0.201. The lowest BCUT2D eigenvalue weighted by atomic mass is 10.1. The molecule has 0 saturated carbocycles. The first-order chi connectivity index (χ1) is 5.79. The van der Waals surface area contributed by atoms with Crippen LogP contribution in [0.4, 0.5) is 0 Å². The van der Waals surface area contributed by atoms with Gasteiger partial charge in [-0.2, -0.15) is 5.10 Å². The van der Waals surface area contributed by atoms with Gasteiger partial charge < -0.3 is 4.55 Å². The van der Waals surface area contributed by atoms with E-state index in [2.05, 4.69) is 5.10 Å². The summed E-state index contributed by atoms with van der Waals surface area (Å²) in [5.74, 6) is 0. The lowest BCUT2D eigenvalue weighted by Crippen LogP contribution is -2.17. The van der Waals surface area contributed by atoms with Gasteiger partial charge in [0.2, 0.25) is 4.90 Å². The average Bonchev–Trinajstić information content (AvgIpc) is 2.47. The van der Waals surface area contributed by atoms with E-state index in [4.69, 9.17) is 5.14 Å². The van der Waals surface area contributed by atoms with Crippen molar-refractivity contribution in [1.82, 2.24) is 9.78 Å². The van der Waals surface area contributed by atoms with Gasteiger partial charge in [0, 0.05) is 6.54 Å². The highest BCUT2D eigenvalue weighted by atomic mass is 32.2. The lowest BCUT2D eigenvalue weighted by molar-refractivity contribution is 0.481. The Morgan fingerprint density at radius 2 is 2.42 bits per heavy atom. The summed E-state index contributed by atoms with van der Waals surface area (Å²) in [5.41, 5.74) is 1.06. The molecule has 0 saturated heterocycles. The Labute approximate surface area is 74.1 Å². The van der Waals surface area contributed by atoms with Gasteiger partial charge in [0.1, 0.15) is 6.20 Å². The van der Waals surface area contributed by atoms with Crippen molar-refractivity contribution in [1.29, 1.82) is 0 Å². The van der Waals surface area contributed by atoms with E-state index in [1.807, 2.05) is 4.68 Å². The zero-order valence-electron chi connectivity index (χ0n) is 6.69. The molecule has 2 N–H and O–H groups in total. The van der Waals surface area contributed by atoms with Gasteiger partial charge in [0.15, 0.2) is 0 Å². The molecule has 2 heterocycles. The van der Waals surface area contributed by atoms with E-state index in [0.717, 1.165) is 31.5 Å². The van der Waals surface area contributed by atoms with Crippen molar-refractivity contribution in [2.75, 3.05) is 0 Å². The van der Waals surface area contributed by atoms with Crippen molar-refractivity contribution in [3.8, 4) is 0 Å². The summed E-state index contributed by atoms with van der Waals surface area (Å²) in [4.78, 5) is 0.703. The molecule has 0 spiro atoms. The van der Waals surface area contributed by atoms with Crippen LogP contribution in [0.1, 0.15) is 18.5 Å². The standard InChI is InChI=1S/C7H11N3OS/c8-12(11)7-5-9-10-4-2-1-3-6(7)10/h5H,1-4,8H2. The minimum Gasteiger partial charge on any atom is -0.593 e. The lowest BCUT2D eigenvalue weighted by Gasteiger charge is -2.13. The fraction of sp³-hybridized carbons (Fsp3) is 0.571. The topological polar surface area (TPSA) is 66.9 Å². The fourth-order valence-electron chi connectivity index (χ4n) is 1.56. The Kier molecular flexibility index (Phi) is 2.08. The van der Waals surface area contributed by atoms with Crippen LogP contribution in [0, 0.1) is 0 Å². The van der Waals surface area contributed by atoms with Crippen LogP contribution < -0.4 is 5.14 Å². The number of hydrogen-bond donors (Lipinski definition) is 1. The SMILES string of the molecule is N[S+]([O-])c1cnn2c1CCCC2. The third-order valence-corrected chi connectivity index (χ3v) is 2.94. The van der Waals surface area contributed by atoms with Gasteiger partial charge in [-0.3, -0.25) is 4.68 Å². The first kappa shape index (κ1) is 8.10. The molecular formula is C7H11N3OS. The summed E-state index contributed by atoms with van der Waals surface area (Å²) in [7, 11) is 0. The molecule has 12 heavy (non-hydrogen) atoms. The van der Waals surface area contributed by atoms with Gasteiger partial charge in [-0.25, -0.2) is 0 Å². The average molecular weight is 185 g/mol. The molecule has 0 aliphatic carbocycles. The third kappa shape index (κ3) is 1.24. The molecule has 0 amide bonds. The van der Waals surface area contributed by atoms with Gasteiger partial charge in [0.25, 0.3) is 0 Å². The maximum atomic E-state index is 11.0. The molecule has 4 nitrogen and oxygen atoms in total. The quantitative estimate of drug-likeness (QED) is 0.635. The molecule has 66 valence electrons. The summed E-state index contributed by atoms with van der Waals surface area (Å²) >= 11 is -1.37. The van der Waals surface area contributed by atoms with Crippen LogP contribution >= 0.6 is 0 Å². The van der Waals surface area contributed by atoms with Crippen molar-refractivity contribution in [2.45, 2.75) is 30.7 Å². The third-order valence-electron chi connectivity index (χ3n) is 2.16. The van der Waals surface area contributed by atoms with Crippen molar-refractivity contribution >= 4 is 11.4 Å². The zero-order valence-corrected chi connectivity index (χ0v) is 7.51. The minimum atomic E-state index is -1.37. The normalized spacial score (nSPS) is 18.8. The number of aryl methyl sites for hydroxylation is 1. The molecular weight excluding hydrogens is 174 g/mol. The Bertz CT molecular complexity index is 284. The van der Waals surface area contributed by atoms with Crippen molar-refractivity contribution < 1.29 is 4.55 Å². The Hall–Kier alpha value is -0.520. The van der Waals surface area contributed by atoms with E-state index < -0.39 is 11.4 Å². The van der Waals surface area contributed by atoms with E-state index >= 15 is 0 Å². The van der Waals surface area contributed by atoms with Crippen molar-refractivity contribution in [2.24, 2.45) is 5.14 Å². The van der Waals surface area contributed by atoms with Crippen molar-refractivity contribution in [3.05, 3.63) is 11.9 Å². The molecule has 1 aromatic heterocycles. The smallest absolute Gasteiger partial charge is 0.214 e. The highest BCUT2D eigenvalue weighted by Gasteiger charge is 2.21. The summed E-state index contributed by atoms with van der Waals surface area (Å²) < 4.78 is 12.9. The van der Waals surface area contributed by atoms with Gasteiger partial charge in [0.05, 0.1) is 17.1 Å². The van der Waals surface area contributed by atoms with E-state index in [-0.39, 0.29) is 0 Å². The Morgan fingerprint density at radius 3 is 3.17 bits per heavy atom. The number of rotatable bonds is 1. The summed E-state index contributed by atoms with van der Waals surface area (Å²) in [6.45, 7) is 0.937. The van der Waals surface area contributed by atoms with Crippen LogP contribution in [0.15, 0.2) is 11.1 Å².